The Kier molecular flexibility index (Phi) is 7.81. The van der Waals surface area contributed by atoms with Crippen molar-refractivity contribution in [2.45, 2.75) is 31.7 Å². The Bertz CT molecular complexity index is 1540. The molecule has 4 aromatic rings. The summed E-state index contributed by atoms with van der Waals surface area (Å²) in [6.07, 6.45) is 2.48. The number of aromatic nitrogens is 1. The Balaban J connectivity index is 1.39. The van der Waals surface area contributed by atoms with Gasteiger partial charge in [-0.3, -0.25) is 9.59 Å². The van der Waals surface area contributed by atoms with Crippen LogP contribution in [-0.4, -0.2) is 35.6 Å². The molecule has 0 unspecified atom stereocenters. The van der Waals surface area contributed by atoms with Gasteiger partial charge in [-0.05, 0) is 59.9 Å². The van der Waals surface area contributed by atoms with Crippen LogP contribution >= 0.6 is 11.3 Å². The number of rotatable bonds is 9. The summed E-state index contributed by atoms with van der Waals surface area (Å²) in [6, 6.07) is 15.1. The van der Waals surface area contributed by atoms with Gasteiger partial charge in [-0.2, -0.15) is 0 Å². The third-order valence-corrected chi connectivity index (χ3v) is 7.56. The van der Waals surface area contributed by atoms with Gasteiger partial charge >= 0.3 is 5.97 Å². The van der Waals surface area contributed by atoms with Gasteiger partial charge in [-0.25, -0.2) is 9.37 Å². The zero-order chi connectivity index (χ0) is 28.3. The Labute approximate surface area is 234 Å². The summed E-state index contributed by atoms with van der Waals surface area (Å²) in [5.74, 6) is -0.368. The zero-order valence-corrected chi connectivity index (χ0v) is 22.8. The Morgan fingerprint density at radius 3 is 2.62 bits per heavy atom. The largest absolute Gasteiger partial charge is 0.493 e. The molecule has 3 aromatic carbocycles. The normalized spacial score (nSPS) is 16.2. The molecule has 0 radical (unpaired) electrons. The number of amides is 1. The molecule has 8 nitrogen and oxygen atoms in total. The molecular weight excluding hydrogens is 533 g/mol. The van der Waals surface area contributed by atoms with E-state index in [4.69, 9.17) is 14.6 Å². The van der Waals surface area contributed by atoms with E-state index in [1.54, 1.807) is 55.1 Å². The van der Waals surface area contributed by atoms with Crippen LogP contribution in [0.25, 0.3) is 11.1 Å². The van der Waals surface area contributed by atoms with Crippen LogP contribution in [-0.2, 0) is 28.0 Å². The number of ether oxygens (including phenoxy) is 2. The molecule has 0 saturated carbocycles. The summed E-state index contributed by atoms with van der Waals surface area (Å²) in [6.45, 7) is 2.67. The number of hydrogen-bond donors (Lipinski definition) is 3. The molecule has 3 N–H and O–H groups in total. The van der Waals surface area contributed by atoms with Crippen molar-refractivity contribution in [1.29, 1.82) is 0 Å². The molecule has 206 valence electrons. The molecule has 1 aromatic heterocycles. The molecule has 5 rings (SSSR count). The van der Waals surface area contributed by atoms with E-state index in [0.29, 0.717) is 39.9 Å². The topological polar surface area (TPSA) is 110 Å². The van der Waals surface area contributed by atoms with Gasteiger partial charge in [0.1, 0.15) is 11.6 Å². The zero-order valence-electron chi connectivity index (χ0n) is 22.0. The smallest absolute Gasteiger partial charge is 0.307 e. The lowest BCUT2D eigenvalue weighted by Crippen LogP contribution is -2.47. The van der Waals surface area contributed by atoms with Crippen molar-refractivity contribution in [2.75, 3.05) is 19.0 Å². The molecule has 1 aliphatic heterocycles. The van der Waals surface area contributed by atoms with Gasteiger partial charge < -0.3 is 25.2 Å². The van der Waals surface area contributed by atoms with Gasteiger partial charge in [-0.1, -0.05) is 24.3 Å². The highest BCUT2D eigenvalue weighted by Crippen LogP contribution is 2.41. The number of anilines is 1. The predicted molar refractivity (Wildman–Crippen MR) is 151 cm³/mol. The fourth-order valence-corrected chi connectivity index (χ4v) is 5.50. The third kappa shape index (κ3) is 5.98. The molecule has 0 saturated heterocycles. The van der Waals surface area contributed by atoms with Crippen LogP contribution in [0.4, 0.5) is 9.52 Å². The number of aliphatic carboxylic acids is 1. The Hall–Kier alpha value is -4.28. The van der Waals surface area contributed by atoms with Crippen LogP contribution in [0.2, 0.25) is 0 Å². The number of carboxylic acid groups (broad SMARTS) is 1. The number of carbonyl (C=O) groups excluding carboxylic acids is 1. The molecular formula is C30H28FN3O5S. The number of nitrogens with one attached hydrogen (secondary N) is 2. The maximum absolute atomic E-state index is 15.2. The highest BCUT2D eigenvalue weighted by atomic mass is 32.1. The number of nitrogens with zero attached hydrogens (tertiary/aromatic N) is 1. The van der Waals surface area contributed by atoms with Crippen LogP contribution < -0.4 is 20.1 Å². The van der Waals surface area contributed by atoms with Gasteiger partial charge in [0.2, 0.25) is 5.91 Å². The Morgan fingerprint density at radius 2 is 1.95 bits per heavy atom. The van der Waals surface area contributed by atoms with Crippen LogP contribution in [0.15, 0.2) is 66.2 Å². The molecule has 1 amide bonds. The number of hydrogen-bond acceptors (Lipinski definition) is 7. The number of fused-ring (bicyclic) bond motifs is 1. The van der Waals surface area contributed by atoms with E-state index >= 15 is 4.39 Å². The van der Waals surface area contributed by atoms with Crippen molar-refractivity contribution in [3.8, 4) is 28.4 Å². The molecule has 1 atom stereocenters. The monoisotopic (exact) mass is 561 g/mol. The minimum atomic E-state index is -0.923. The van der Waals surface area contributed by atoms with Crippen molar-refractivity contribution in [2.24, 2.45) is 0 Å². The van der Waals surface area contributed by atoms with Crippen molar-refractivity contribution in [1.82, 2.24) is 10.3 Å². The quantitative estimate of drug-likeness (QED) is 0.238. The first-order valence-corrected chi connectivity index (χ1v) is 13.6. The molecule has 2 heterocycles. The molecule has 40 heavy (non-hydrogen) atoms. The van der Waals surface area contributed by atoms with E-state index < -0.39 is 17.3 Å². The molecule has 1 aliphatic rings. The van der Waals surface area contributed by atoms with E-state index in [2.05, 4.69) is 15.6 Å². The number of carboxylic acids is 1. The molecule has 0 aliphatic carbocycles. The van der Waals surface area contributed by atoms with Gasteiger partial charge in [-0.15, -0.1) is 11.3 Å². The second kappa shape index (κ2) is 11.4. The van der Waals surface area contributed by atoms with Crippen LogP contribution in [0.1, 0.15) is 30.0 Å². The summed E-state index contributed by atoms with van der Waals surface area (Å²) in [4.78, 5) is 27.9. The first-order chi connectivity index (χ1) is 19.2. The molecule has 0 spiro atoms. The molecule has 0 bridgehead atoms. The summed E-state index contributed by atoms with van der Waals surface area (Å²) >= 11 is 1.36. The van der Waals surface area contributed by atoms with Crippen LogP contribution in [0, 0.1) is 5.82 Å². The fraction of sp³-hybridized carbons (Fsp3) is 0.233. The first kappa shape index (κ1) is 27.3. The maximum atomic E-state index is 15.2. The second-order valence-electron chi connectivity index (χ2n) is 9.74. The number of thiazole rings is 1. The average Bonchev–Trinajstić information content (AvgIpc) is 3.42. The lowest BCUT2D eigenvalue weighted by molar-refractivity contribution is -0.136. The third-order valence-electron chi connectivity index (χ3n) is 6.87. The van der Waals surface area contributed by atoms with Gasteiger partial charge in [0, 0.05) is 41.7 Å². The summed E-state index contributed by atoms with van der Waals surface area (Å²) in [7, 11) is 1.55. The van der Waals surface area contributed by atoms with Gasteiger partial charge in [0.15, 0.2) is 16.6 Å². The summed E-state index contributed by atoms with van der Waals surface area (Å²) < 4.78 is 26.9. The van der Waals surface area contributed by atoms with E-state index in [1.807, 2.05) is 19.1 Å². The van der Waals surface area contributed by atoms with E-state index in [-0.39, 0.29) is 24.5 Å². The lowest BCUT2D eigenvalue weighted by Gasteiger charge is -2.37. The first-order valence-electron chi connectivity index (χ1n) is 12.7. The minimum Gasteiger partial charge on any atom is -0.493 e. The second-order valence-corrected chi connectivity index (χ2v) is 10.6. The van der Waals surface area contributed by atoms with E-state index in [9.17, 15) is 9.59 Å². The van der Waals surface area contributed by atoms with Crippen LogP contribution in [0.5, 0.6) is 17.2 Å². The number of benzene rings is 3. The van der Waals surface area contributed by atoms with Gasteiger partial charge in [0.25, 0.3) is 0 Å². The summed E-state index contributed by atoms with van der Waals surface area (Å²) in [5, 5.41) is 17.6. The highest BCUT2D eigenvalue weighted by molar-refractivity contribution is 7.13. The van der Waals surface area contributed by atoms with Crippen LogP contribution in [0.3, 0.4) is 0 Å². The van der Waals surface area contributed by atoms with Crippen molar-refractivity contribution in [3.05, 3.63) is 88.7 Å². The fourth-order valence-electron chi connectivity index (χ4n) is 4.95. The minimum absolute atomic E-state index is 0.0940. The van der Waals surface area contributed by atoms with Crippen molar-refractivity contribution < 1.29 is 28.6 Å². The number of methoxy groups -OCH3 is 1. The average molecular weight is 562 g/mol. The molecule has 0 fully saturated rings. The highest BCUT2D eigenvalue weighted by Gasteiger charge is 2.35. The van der Waals surface area contributed by atoms with E-state index in [1.165, 1.54) is 17.4 Å². The SMILES string of the molecule is COc1cc2c(cc1Oc1ccc(-c3ccc(CC(=O)O)cc3)c(F)c1)[C@@](C)(CC(=O)Nc1nccs1)NCC2. The maximum Gasteiger partial charge on any atom is 0.307 e. The lowest BCUT2D eigenvalue weighted by atomic mass is 9.81. The predicted octanol–water partition coefficient (Wildman–Crippen LogP) is 5.77. The molecule has 10 heteroatoms. The summed E-state index contributed by atoms with van der Waals surface area (Å²) in [5.41, 5.74) is 2.92. The van der Waals surface area contributed by atoms with E-state index in [0.717, 1.165) is 17.5 Å². The number of carbonyl (C=O) groups is 2. The Morgan fingerprint density at radius 1 is 1.15 bits per heavy atom. The van der Waals surface area contributed by atoms with Gasteiger partial charge in [0.05, 0.1) is 13.5 Å². The van der Waals surface area contributed by atoms with Crippen molar-refractivity contribution in [3.63, 3.8) is 0 Å². The number of halogens is 1. The standard InChI is InChI=1S/C30H28FN3O5S/c1-30(17-27(35)34-29-32-11-12-40-29)23-16-26(25(38-2)14-20(23)9-10-33-30)39-21-7-8-22(24(31)15-21)19-5-3-18(4-6-19)13-28(36)37/h3-8,11-12,14-16,33H,9-10,13,17H2,1-2H3,(H,36,37)(H,32,34,35)/t30-/m1/s1. The van der Waals surface area contributed by atoms with Crippen molar-refractivity contribution >= 4 is 28.3 Å².